The molecule has 0 bridgehead atoms. The predicted octanol–water partition coefficient (Wildman–Crippen LogP) is 5.57. The zero-order valence-electron chi connectivity index (χ0n) is 14.3. The largest absolute Gasteiger partial charge is 0.492 e. The molecule has 120 valence electrons. The van der Waals surface area contributed by atoms with Crippen molar-refractivity contribution in [1.82, 2.24) is 5.32 Å². The lowest BCUT2D eigenvalue weighted by Gasteiger charge is -2.31. The lowest BCUT2D eigenvalue weighted by Crippen LogP contribution is -2.25. The Morgan fingerprint density at radius 3 is 2.43 bits per heavy atom. The highest BCUT2D eigenvalue weighted by Gasteiger charge is 2.24. The fourth-order valence-corrected chi connectivity index (χ4v) is 2.70. The number of nitrogens with one attached hydrogen (secondary N) is 1. The van der Waals surface area contributed by atoms with Crippen molar-refractivity contribution < 1.29 is 4.74 Å². The van der Waals surface area contributed by atoms with Gasteiger partial charge in [0.1, 0.15) is 5.75 Å². The first kappa shape index (κ1) is 18.5. The van der Waals surface area contributed by atoms with Crippen LogP contribution in [0.1, 0.15) is 59.1 Å². The first-order valence-electron chi connectivity index (χ1n) is 7.89. The fourth-order valence-electron chi connectivity index (χ4n) is 2.19. The van der Waals surface area contributed by atoms with Gasteiger partial charge in [0.25, 0.3) is 0 Å². The summed E-state index contributed by atoms with van der Waals surface area (Å²) in [6.07, 6.45) is 2.15. The van der Waals surface area contributed by atoms with Crippen LogP contribution in [0.3, 0.4) is 0 Å². The van der Waals surface area contributed by atoms with Gasteiger partial charge in [-0.2, -0.15) is 0 Å². The third-order valence-electron chi connectivity index (χ3n) is 4.24. The Labute approximate surface area is 138 Å². The fraction of sp³-hybridized carbons (Fsp3) is 0.667. The first-order chi connectivity index (χ1) is 9.79. The van der Waals surface area contributed by atoms with Gasteiger partial charge in [-0.15, -0.1) is 0 Å². The molecule has 2 atom stereocenters. The summed E-state index contributed by atoms with van der Waals surface area (Å²) in [6.45, 7) is 12.1. The van der Waals surface area contributed by atoms with Crippen LogP contribution in [0.4, 0.5) is 0 Å². The van der Waals surface area contributed by atoms with E-state index in [1.807, 2.05) is 7.05 Å². The number of hydrogen-bond acceptors (Lipinski definition) is 2. The highest BCUT2D eigenvalue weighted by atomic mass is 79.9. The SMILES string of the molecule is CCCOc1ccc(C(CC(C)C(C)(C)C)NC)cc1Br. The molecule has 0 aromatic heterocycles. The van der Waals surface area contributed by atoms with Gasteiger partial charge in [-0.1, -0.05) is 40.7 Å². The molecule has 21 heavy (non-hydrogen) atoms. The normalized spacial score (nSPS) is 14.8. The van der Waals surface area contributed by atoms with Gasteiger partial charge in [0.2, 0.25) is 0 Å². The topological polar surface area (TPSA) is 21.3 Å². The van der Waals surface area contributed by atoms with Gasteiger partial charge in [0.15, 0.2) is 0 Å². The van der Waals surface area contributed by atoms with E-state index < -0.39 is 0 Å². The average Bonchev–Trinajstić information content (AvgIpc) is 2.42. The Balaban J connectivity index is 2.84. The molecule has 0 saturated carbocycles. The molecule has 1 rings (SSSR count). The standard InChI is InChI=1S/C18H30BrNO/c1-7-10-21-17-9-8-14(12-15(17)19)16(20-6)11-13(2)18(3,4)5/h8-9,12-13,16,20H,7,10-11H2,1-6H3. The average molecular weight is 356 g/mol. The van der Waals surface area contributed by atoms with Gasteiger partial charge in [0.05, 0.1) is 11.1 Å². The van der Waals surface area contributed by atoms with Gasteiger partial charge in [-0.05, 0) is 64.8 Å². The van der Waals surface area contributed by atoms with Gasteiger partial charge in [0, 0.05) is 6.04 Å². The van der Waals surface area contributed by atoms with Crippen molar-refractivity contribution in [2.45, 2.75) is 53.5 Å². The van der Waals surface area contributed by atoms with Gasteiger partial charge >= 0.3 is 0 Å². The lowest BCUT2D eigenvalue weighted by atomic mass is 9.77. The highest BCUT2D eigenvalue weighted by molar-refractivity contribution is 9.10. The quantitative estimate of drug-likeness (QED) is 0.689. The van der Waals surface area contributed by atoms with Crippen LogP contribution in [-0.4, -0.2) is 13.7 Å². The first-order valence-corrected chi connectivity index (χ1v) is 8.68. The van der Waals surface area contributed by atoms with Crippen molar-refractivity contribution in [2.75, 3.05) is 13.7 Å². The van der Waals surface area contributed by atoms with E-state index in [-0.39, 0.29) is 0 Å². The molecule has 0 aliphatic heterocycles. The Bertz CT molecular complexity index is 439. The zero-order chi connectivity index (χ0) is 16.0. The van der Waals surface area contributed by atoms with Gasteiger partial charge in [-0.25, -0.2) is 0 Å². The molecule has 3 heteroatoms. The van der Waals surface area contributed by atoms with Crippen LogP contribution < -0.4 is 10.1 Å². The Morgan fingerprint density at radius 2 is 1.95 bits per heavy atom. The van der Waals surface area contributed by atoms with Crippen molar-refractivity contribution in [3.8, 4) is 5.75 Å². The highest BCUT2D eigenvalue weighted by Crippen LogP contribution is 2.35. The van der Waals surface area contributed by atoms with Crippen LogP contribution in [-0.2, 0) is 0 Å². The summed E-state index contributed by atoms with van der Waals surface area (Å²) in [5.41, 5.74) is 1.64. The van der Waals surface area contributed by atoms with Gasteiger partial charge < -0.3 is 10.1 Å². The van der Waals surface area contributed by atoms with E-state index in [9.17, 15) is 0 Å². The minimum atomic E-state index is 0.330. The number of halogens is 1. The molecule has 0 spiro atoms. The Kier molecular flexibility index (Phi) is 7.22. The second kappa shape index (κ2) is 8.19. The molecule has 2 unspecified atom stereocenters. The van der Waals surface area contributed by atoms with Crippen LogP contribution >= 0.6 is 15.9 Å². The minimum absolute atomic E-state index is 0.330. The Morgan fingerprint density at radius 1 is 1.29 bits per heavy atom. The summed E-state index contributed by atoms with van der Waals surface area (Å²) in [7, 11) is 2.04. The third-order valence-corrected chi connectivity index (χ3v) is 4.86. The second-order valence-electron chi connectivity index (χ2n) is 6.88. The van der Waals surface area contributed by atoms with Crippen LogP contribution in [0.15, 0.2) is 22.7 Å². The molecule has 1 aromatic carbocycles. The maximum atomic E-state index is 5.72. The van der Waals surface area contributed by atoms with Crippen LogP contribution in [0.25, 0.3) is 0 Å². The molecular weight excluding hydrogens is 326 g/mol. The second-order valence-corrected chi connectivity index (χ2v) is 7.74. The maximum absolute atomic E-state index is 5.72. The van der Waals surface area contributed by atoms with E-state index in [0.29, 0.717) is 17.4 Å². The van der Waals surface area contributed by atoms with E-state index in [0.717, 1.165) is 29.7 Å². The smallest absolute Gasteiger partial charge is 0.133 e. The molecule has 0 fully saturated rings. The summed E-state index contributed by atoms with van der Waals surface area (Å²) in [6, 6.07) is 6.80. The molecule has 0 aliphatic carbocycles. The minimum Gasteiger partial charge on any atom is -0.492 e. The van der Waals surface area contributed by atoms with Crippen LogP contribution in [0, 0.1) is 11.3 Å². The molecule has 0 radical (unpaired) electrons. The third kappa shape index (κ3) is 5.63. The molecule has 0 heterocycles. The van der Waals surface area contributed by atoms with Gasteiger partial charge in [-0.3, -0.25) is 0 Å². The summed E-state index contributed by atoms with van der Waals surface area (Å²) in [5, 5.41) is 3.45. The van der Waals surface area contributed by atoms with Crippen LogP contribution in [0.5, 0.6) is 5.75 Å². The maximum Gasteiger partial charge on any atom is 0.133 e. The number of hydrogen-bond donors (Lipinski definition) is 1. The molecule has 0 aliphatic rings. The number of ether oxygens (including phenoxy) is 1. The van der Waals surface area contributed by atoms with Crippen molar-refractivity contribution in [3.05, 3.63) is 28.2 Å². The predicted molar refractivity (Wildman–Crippen MR) is 95.0 cm³/mol. The van der Waals surface area contributed by atoms with Crippen LogP contribution in [0.2, 0.25) is 0 Å². The monoisotopic (exact) mass is 355 g/mol. The summed E-state index contributed by atoms with van der Waals surface area (Å²) >= 11 is 3.63. The van der Waals surface area contributed by atoms with E-state index in [2.05, 4.69) is 74.1 Å². The molecule has 1 N–H and O–H groups in total. The van der Waals surface area contributed by atoms with Crippen molar-refractivity contribution >= 4 is 15.9 Å². The number of rotatable bonds is 7. The van der Waals surface area contributed by atoms with E-state index in [1.165, 1.54) is 5.56 Å². The molecule has 1 aromatic rings. The zero-order valence-corrected chi connectivity index (χ0v) is 15.9. The van der Waals surface area contributed by atoms with E-state index in [1.54, 1.807) is 0 Å². The number of benzene rings is 1. The van der Waals surface area contributed by atoms with E-state index >= 15 is 0 Å². The van der Waals surface area contributed by atoms with Crippen molar-refractivity contribution in [2.24, 2.45) is 11.3 Å². The summed E-state index contributed by atoms with van der Waals surface area (Å²) in [5.74, 6) is 1.57. The van der Waals surface area contributed by atoms with E-state index in [4.69, 9.17) is 4.74 Å². The van der Waals surface area contributed by atoms with Crippen molar-refractivity contribution in [3.63, 3.8) is 0 Å². The summed E-state index contributed by atoms with van der Waals surface area (Å²) < 4.78 is 6.76. The Hall–Kier alpha value is -0.540. The summed E-state index contributed by atoms with van der Waals surface area (Å²) in [4.78, 5) is 0. The molecular formula is C18H30BrNO. The molecule has 0 saturated heterocycles. The lowest BCUT2D eigenvalue weighted by molar-refractivity contribution is 0.226. The van der Waals surface area contributed by atoms with Crippen molar-refractivity contribution in [1.29, 1.82) is 0 Å². The molecule has 2 nitrogen and oxygen atoms in total. The molecule has 0 amide bonds.